The van der Waals surface area contributed by atoms with Crippen molar-refractivity contribution >= 4 is 40.6 Å². The van der Waals surface area contributed by atoms with E-state index in [4.69, 9.17) is 4.74 Å². The van der Waals surface area contributed by atoms with Gasteiger partial charge in [0.05, 0.1) is 24.1 Å². The fourth-order valence-corrected chi connectivity index (χ4v) is 3.58. The van der Waals surface area contributed by atoms with Crippen molar-refractivity contribution in [3.05, 3.63) is 89.5 Å². The molecule has 0 fully saturated rings. The predicted molar refractivity (Wildman–Crippen MR) is 125 cm³/mol. The second kappa shape index (κ2) is 8.71. The Labute approximate surface area is 180 Å². The summed E-state index contributed by atoms with van der Waals surface area (Å²) in [6.07, 6.45) is 3.89. The summed E-state index contributed by atoms with van der Waals surface area (Å²) >= 11 is 0. The molecule has 3 aromatic carbocycles. The number of aromatic nitrogens is 1. The smallest absolute Gasteiger partial charge is 0.340 e. The lowest BCUT2D eigenvalue weighted by molar-refractivity contribution is -0.114. The third kappa shape index (κ3) is 4.26. The Morgan fingerprint density at radius 3 is 2.26 bits per heavy atom. The average Bonchev–Trinajstić information content (AvgIpc) is 3.16. The summed E-state index contributed by atoms with van der Waals surface area (Å²) in [6.45, 7) is 1.47. The van der Waals surface area contributed by atoms with E-state index in [0.717, 1.165) is 27.6 Å². The normalized spacial score (nSPS) is 11.0. The highest BCUT2D eigenvalue weighted by atomic mass is 16.5. The van der Waals surface area contributed by atoms with Crippen LogP contribution in [0, 0.1) is 0 Å². The first kappa shape index (κ1) is 20.2. The molecule has 0 aliphatic rings. The molecule has 1 amide bonds. The molecule has 0 aliphatic carbocycles. The van der Waals surface area contributed by atoms with E-state index < -0.39 is 5.97 Å². The van der Waals surface area contributed by atoms with Gasteiger partial charge in [-0.05, 0) is 28.8 Å². The van der Waals surface area contributed by atoms with E-state index in [1.165, 1.54) is 14.0 Å². The van der Waals surface area contributed by atoms with Crippen molar-refractivity contribution in [2.24, 2.45) is 0 Å². The van der Waals surface area contributed by atoms with E-state index in [1.54, 1.807) is 0 Å². The molecule has 0 unspecified atom stereocenters. The Bertz CT molecular complexity index is 1270. The molecular weight excluding hydrogens is 388 g/mol. The molecule has 31 heavy (non-hydrogen) atoms. The molecule has 154 valence electrons. The van der Waals surface area contributed by atoms with Crippen LogP contribution in [0.1, 0.15) is 28.4 Å². The molecule has 0 atom stereocenters. The minimum atomic E-state index is -0.421. The zero-order valence-electron chi connectivity index (χ0n) is 17.3. The number of esters is 1. The number of amides is 1. The summed E-state index contributed by atoms with van der Waals surface area (Å²) in [5.41, 5.74) is 5.23. The fourth-order valence-electron chi connectivity index (χ4n) is 3.58. The van der Waals surface area contributed by atoms with E-state index in [0.29, 0.717) is 16.9 Å². The summed E-state index contributed by atoms with van der Waals surface area (Å²) in [4.78, 5) is 27.8. The van der Waals surface area contributed by atoms with E-state index in [1.807, 2.05) is 84.9 Å². The number of anilines is 1. The monoisotopic (exact) mass is 410 g/mol. The fraction of sp³-hybridized carbons (Fsp3) is 0.0769. The predicted octanol–water partition coefficient (Wildman–Crippen LogP) is 5.75. The Balaban J connectivity index is 1.93. The molecule has 5 heteroatoms. The van der Waals surface area contributed by atoms with Crippen molar-refractivity contribution < 1.29 is 14.3 Å². The molecule has 2 N–H and O–H groups in total. The maximum atomic E-state index is 12.7. The molecule has 0 bridgehead atoms. The van der Waals surface area contributed by atoms with Crippen LogP contribution in [0.5, 0.6) is 0 Å². The molecule has 0 radical (unpaired) electrons. The van der Waals surface area contributed by atoms with Gasteiger partial charge in [-0.1, -0.05) is 72.8 Å². The Hall–Kier alpha value is -4.12. The zero-order valence-corrected chi connectivity index (χ0v) is 17.3. The number of rotatable bonds is 5. The van der Waals surface area contributed by atoms with Crippen LogP contribution in [0.4, 0.5) is 5.69 Å². The van der Waals surface area contributed by atoms with Crippen molar-refractivity contribution in [1.82, 2.24) is 4.98 Å². The second-order valence-electron chi connectivity index (χ2n) is 7.14. The number of fused-ring (bicyclic) bond motifs is 1. The van der Waals surface area contributed by atoms with Gasteiger partial charge in [-0.25, -0.2) is 4.79 Å². The van der Waals surface area contributed by atoms with Crippen LogP contribution < -0.4 is 5.32 Å². The minimum Gasteiger partial charge on any atom is -0.465 e. The Morgan fingerprint density at radius 1 is 0.935 bits per heavy atom. The van der Waals surface area contributed by atoms with Crippen molar-refractivity contribution in [2.75, 3.05) is 12.4 Å². The lowest BCUT2D eigenvalue weighted by Crippen LogP contribution is -2.07. The first-order valence-corrected chi connectivity index (χ1v) is 9.91. The van der Waals surface area contributed by atoms with Crippen LogP contribution in [-0.2, 0) is 9.53 Å². The van der Waals surface area contributed by atoms with E-state index in [9.17, 15) is 9.59 Å². The molecule has 0 aliphatic heterocycles. The molecule has 1 aromatic heterocycles. The van der Waals surface area contributed by atoms with Crippen molar-refractivity contribution in [1.29, 1.82) is 0 Å². The van der Waals surface area contributed by atoms with Gasteiger partial charge >= 0.3 is 5.97 Å². The standard InChI is InChI=1S/C26H22N2O3/c1-17(29)27-22-16-23-21(15-20(22)14-13-18-9-5-3-6-10-18)24(26(30)31-2)25(28-23)19-11-7-4-8-12-19/h3-16,28H,1-2H3,(H,27,29). The summed E-state index contributed by atoms with van der Waals surface area (Å²) < 4.78 is 5.08. The van der Waals surface area contributed by atoms with Gasteiger partial charge in [0.2, 0.25) is 5.91 Å². The number of benzene rings is 3. The Kier molecular flexibility index (Phi) is 5.67. The lowest BCUT2D eigenvalue weighted by atomic mass is 10.0. The summed E-state index contributed by atoms with van der Waals surface area (Å²) in [5, 5.41) is 3.62. The molecular formula is C26H22N2O3. The van der Waals surface area contributed by atoms with Crippen LogP contribution >= 0.6 is 0 Å². The molecule has 0 spiro atoms. The maximum Gasteiger partial charge on any atom is 0.340 e. The average molecular weight is 410 g/mol. The number of carbonyl (C=O) groups excluding carboxylic acids is 2. The van der Waals surface area contributed by atoms with Crippen molar-refractivity contribution in [3.63, 3.8) is 0 Å². The van der Waals surface area contributed by atoms with Gasteiger partial charge in [-0.2, -0.15) is 0 Å². The molecule has 4 rings (SSSR count). The van der Waals surface area contributed by atoms with Crippen LogP contribution in [-0.4, -0.2) is 24.0 Å². The van der Waals surface area contributed by atoms with Gasteiger partial charge in [0, 0.05) is 17.8 Å². The topological polar surface area (TPSA) is 71.2 Å². The van der Waals surface area contributed by atoms with E-state index >= 15 is 0 Å². The lowest BCUT2D eigenvalue weighted by Gasteiger charge is -2.08. The van der Waals surface area contributed by atoms with Crippen molar-refractivity contribution in [3.8, 4) is 11.3 Å². The molecule has 1 heterocycles. The van der Waals surface area contributed by atoms with E-state index in [-0.39, 0.29) is 5.91 Å². The van der Waals surface area contributed by atoms with Crippen LogP contribution in [0.2, 0.25) is 0 Å². The molecule has 0 saturated heterocycles. The van der Waals surface area contributed by atoms with Gasteiger partial charge in [-0.15, -0.1) is 0 Å². The highest BCUT2D eigenvalue weighted by Crippen LogP contribution is 2.34. The molecule has 4 aromatic rings. The number of H-pyrrole nitrogens is 1. The van der Waals surface area contributed by atoms with Crippen molar-refractivity contribution in [2.45, 2.75) is 6.92 Å². The first-order chi connectivity index (χ1) is 15.1. The minimum absolute atomic E-state index is 0.170. The second-order valence-corrected chi connectivity index (χ2v) is 7.14. The maximum absolute atomic E-state index is 12.7. The summed E-state index contributed by atoms with van der Waals surface area (Å²) in [7, 11) is 1.37. The third-order valence-corrected chi connectivity index (χ3v) is 4.99. The van der Waals surface area contributed by atoms with Gasteiger partial charge in [-0.3, -0.25) is 4.79 Å². The van der Waals surface area contributed by atoms with Gasteiger partial charge < -0.3 is 15.0 Å². The van der Waals surface area contributed by atoms with E-state index in [2.05, 4.69) is 10.3 Å². The number of ether oxygens (including phenoxy) is 1. The highest BCUT2D eigenvalue weighted by molar-refractivity contribution is 6.12. The number of nitrogens with one attached hydrogen (secondary N) is 2. The highest BCUT2D eigenvalue weighted by Gasteiger charge is 2.21. The zero-order chi connectivity index (χ0) is 21.8. The Morgan fingerprint density at radius 2 is 1.61 bits per heavy atom. The van der Waals surface area contributed by atoms with Gasteiger partial charge in [0.15, 0.2) is 0 Å². The molecule has 0 saturated carbocycles. The number of carbonyl (C=O) groups is 2. The SMILES string of the molecule is COC(=O)c1c(-c2ccccc2)[nH]c2cc(NC(C)=O)c(C=Cc3ccccc3)cc12. The van der Waals surface area contributed by atoms with Crippen LogP contribution in [0.3, 0.4) is 0 Å². The number of hydrogen-bond donors (Lipinski definition) is 2. The van der Waals surface area contributed by atoms with Gasteiger partial charge in [0.25, 0.3) is 0 Å². The number of hydrogen-bond acceptors (Lipinski definition) is 3. The summed E-state index contributed by atoms with van der Waals surface area (Å²) in [6, 6.07) is 23.2. The van der Waals surface area contributed by atoms with Crippen LogP contribution in [0.25, 0.3) is 34.3 Å². The molecule has 5 nitrogen and oxygen atoms in total. The number of methoxy groups -OCH3 is 1. The van der Waals surface area contributed by atoms with Gasteiger partial charge in [0.1, 0.15) is 0 Å². The largest absolute Gasteiger partial charge is 0.465 e. The quantitative estimate of drug-likeness (QED) is 0.325. The third-order valence-electron chi connectivity index (χ3n) is 4.99. The summed E-state index contributed by atoms with van der Waals surface area (Å²) in [5.74, 6) is -0.591. The van der Waals surface area contributed by atoms with Crippen LogP contribution in [0.15, 0.2) is 72.8 Å². The first-order valence-electron chi connectivity index (χ1n) is 9.91. The number of aromatic amines is 1.